The number of fused-ring (bicyclic) bond motifs is 1. The molecule has 0 spiro atoms. The maximum atomic E-state index is 12.9. The third-order valence-corrected chi connectivity index (χ3v) is 5.71. The second-order valence-corrected chi connectivity index (χ2v) is 7.65. The number of rotatable bonds is 5. The quantitative estimate of drug-likeness (QED) is 0.440. The fourth-order valence-corrected chi connectivity index (χ4v) is 4.17. The molecule has 2 aliphatic rings. The van der Waals surface area contributed by atoms with Gasteiger partial charge in [0, 0.05) is 5.56 Å². The average molecular weight is 389 g/mol. The smallest absolute Gasteiger partial charge is 0.238 e. The van der Waals surface area contributed by atoms with Crippen LogP contribution in [0.4, 0.5) is 5.69 Å². The van der Waals surface area contributed by atoms with Gasteiger partial charge in [-0.15, -0.1) is 0 Å². The normalized spacial score (nSPS) is 24.3. The van der Waals surface area contributed by atoms with Crippen molar-refractivity contribution in [3.63, 3.8) is 0 Å². The van der Waals surface area contributed by atoms with E-state index in [-0.39, 0.29) is 35.4 Å². The number of hydrogen-bond donors (Lipinski definition) is 0. The second-order valence-electron chi connectivity index (χ2n) is 7.65. The van der Waals surface area contributed by atoms with Gasteiger partial charge >= 0.3 is 0 Å². The largest absolute Gasteiger partial charge is 0.483 e. The van der Waals surface area contributed by atoms with Gasteiger partial charge in [-0.2, -0.15) is 0 Å². The molecule has 5 heteroatoms. The standard InChI is InChI=1S/C24H23NO4/c1-15-7-6-10-20-21(15)24(28)25(23(20)27)18-11-13-19(14-12-18)29-16(2)22(26)17-8-4-3-5-9-17/h3-9,11-16,20-21H,10H2,1-2H3/t15-,16+,20-,21-/m1/s1. The molecule has 1 saturated heterocycles. The van der Waals surface area contributed by atoms with Crippen LogP contribution in [0, 0.1) is 17.8 Å². The van der Waals surface area contributed by atoms with Crippen molar-refractivity contribution >= 4 is 23.3 Å². The molecule has 1 fully saturated rings. The first-order valence-electron chi connectivity index (χ1n) is 9.88. The molecule has 1 aliphatic carbocycles. The van der Waals surface area contributed by atoms with Crippen molar-refractivity contribution in [2.24, 2.45) is 17.8 Å². The number of anilines is 1. The summed E-state index contributed by atoms with van der Waals surface area (Å²) in [5.41, 5.74) is 1.13. The Kier molecular flexibility index (Phi) is 5.05. The van der Waals surface area contributed by atoms with E-state index in [2.05, 4.69) is 0 Å². The summed E-state index contributed by atoms with van der Waals surface area (Å²) in [6.45, 7) is 3.68. The summed E-state index contributed by atoms with van der Waals surface area (Å²) >= 11 is 0. The van der Waals surface area contributed by atoms with Gasteiger partial charge in [0.2, 0.25) is 17.6 Å². The van der Waals surface area contributed by atoms with Crippen LogP contribution in [0.15, 0.2) is 66.7 Å². The van der Waals surface area contributed by atoms with Gasteiger partial charge in [-0.05, 0) is 43.5 Å². The predicted molar refractivity (Wildman–Crippen MR) is 110 cm³/mol. The summed E-state index contributed by atoms with van der Waals surface area (Å²) in [7, 11) is 0. The number of amides is 2. The first-order valence-corrected chi connectivity index (χ1v) is 9.88. The van der Waals surface area contributed by atoms with Crippen molar-refractivity contribution < 1.29 is 19.1 Å². The molecule has 2 aromatic carbocycles. The van der Waals surface area contributed by atoms with Crippen molar-refractivity contribution in [3.05, 3.63) is 72.3 Å². The van der Waals surface area contributed by atoms with Crippen LogP contribution < -0.4 is 9.64 Å². The summed E-state index contributed by atoms with van der Waals surface area (Å²) in [6, 6.07) is 15.8. The van der Waals surface area contributed by atoms with E-state index < -0.39 is 6.10 Å². The molecule has 4 atom stereocenters. The summed E-state index contributed by atoms with van der Waals surface area (Å²) in [5, 5.41) is 0. The number of hydrogen-bond acceptors (Lipinski definition) is 4. The second kappa shape index (κ2) is 7.66. The number of imide groups is 1. The molecular formula is C24H23NO4. The van der Waals surface area contributed by atoms with E-state index in [1.54, 1.807) is 43.3 Å². The lowest BCUT2D eigenvalue weighted by atomic mass is 9.78. The molecule has 0 unspecified atom stereocenters. The van der Waals surface area contributed by atoms with Crippen molar-refractivity contribution in [2.75, 3.05) is 4.90 Å². The molecule has 2 amide bonds. The van der Waals surface area contributed by atoms with Crippen molar-refractivity contribution in [1.29, 1.82) is 0 Å². The van der Waals surface area contributed by atoms with Crippen molar-refractivity contribution in [3.8, 4) is 5.75 Å². The molecule has 2 aromatic rings. The molecule has 0 aromatic heterocycles. The molecule has 1 heterocycles. The zero-order valence-electron chi connectivity index (χ0n) is 16.4. The highest BCUT2D eigenvalue weighted by Crippen LogP contribution is 2.40. The Balaban J connectivity index is 1.48. The molecule has 4 rings (SSSR count). The van der Waals surface area contributed by atoms with E-state index in [1.165, 1.54) is 4.90 Å². The Hall–Kier alpha value is -3.21. The minimum Gasteiger partial charge on any atom is -0.483 e. The molecule has 0 radical (unpaired) electrons. The molecule has 1 aliphatic heterocycles. The number of ether oxygens (including phenoxy) is 1. The number of benzene rings is 2. The van der Waals surface area contributed by atoms with Crippen LogP contribution in [0.5, 0.6) is 5.75 Å². The number of Topliss-reactive ketones (excluding diaryl/α,β-unsaturated/α-hetero) is 1. The van der Waals surface area contributed by atoms with E-state index in [9.17, 15) is 14.4 Å². The third-order valence-electron chi connectivity index (χ3n) is 5.71. The molecule has 148 valence electrons. The summed E-state index contributed by atoms with van der Waals surface area (Å²) in [6.07, 6.45) is 3.96. The van der Waals surface area contributed by atoms with Crippen LogP contribution in [0.2, 0.25) is 0 Å². The average Bonchev–Trinajstić information content (AvgIpc) is 3.00. The zero-order chi connectivity index (χ0) is 20.5. The van der Waals surface area contributed by atoms with E-state index >= 15 is 0 Å². The van der Waals surface area contributed by atoms with Crippen LogP contribution in [-0.4, -0.2) is 23.7 Å². The number of ketones is 1. The van der Waals surface area contributed by atoms with Crippen molar-refractivity contribution in [2.45, 2.75) is 26.4 Å². The fourth-order valence-electron chi connectivity index (χ4n) is 4.17. The molecule has 5 nitrogen and oxygen atoms in total. The Bertz CT molecular complexity index is 964. The van der Waals surface area contributed by atoms with Crippen LogP contribution in [0.1, 0.15) is 30.6 Å². The van der Waals surface area contributed by atoms with Gasteiger partial charge in [0.25, 0.3) is 0 Å². The van der Waals surface area contributed by atoms with Crippen LogP contribution >= 0.6 is 0 Å². The summed E-state index contributed by atoms with van der Waals surface area (Å²) < 4.78 is 5.77. The predicted octanol–water partition coefficient (Wildman–Crippen LogP) is 4.04. The van der Waals surface area contributed by atoms with Gasteiger partial charge < -0.3 is 4.74 Å². The van der Waals surface area contributed by atoms with Gasteiger partial charge in [0.15, 0.2) is 6.10 Å². The highest BCUT2D eigenvalue weighted by Gasteiger charge is 2.50. The first-order chi connectivity index (χ1) is 14.0. The van der Waals surface area contributed by atoms with Crippen LogP contribution in [-0.2, 0) is 9.59 Å². The van der Waals surface area contributed by atoms with Gasteiger partial charge in [-0.3, -0.25) is 19.3 Å². The minimum atomic E-state index is -0.645. The van der Waals surface area contributed by atoms with Gasteiger partial charge in [-0.25, -0.2) is 0 Å². The van der Waals surface area contributed by atoms with Gasteiger partial charge in [0.1, 0.15) is 5.75 Å². The lowest BCUT2D eigenvalue weighted by Gasteiger charge is -2.22. The Labute approximate surface area is 170 Å². The third kappa shape index (κ3) is 3.48. The Morgan fingerprint density at radius 1 is 1.03 bits per heavy atom. The fraction of sp³-hybridized carbons (Fsp3) is 0.292. The van der Waals surface area contributed by atoms with E-state index in [4.69, 9.17) is 4.74 Å². The Morgan fingerprint density at radius 2 is 1.72 bits per heavy atom. The molecule has 29 heavy (non-hydrogen) atoms. The lowest BCUT2D eigenvalue weighted by Crippen LogP contribution is -2.31. The molecule has 0 N–H and O–H groups in total. The summed E-state index contributed by atoms with van der Waals surface area (Å²) in [5.74, 6) is -0.380. The topological polar surface area (TPSA) is 63.7 Å². The number of carbonyl (C=O) groups is 3. The van der Waals surface area contributed by atoms with Gasteiger partial charge in [-0.1, -0.05) is 49.4 Å². The number of carbonyl (C=O) groups excluding carboxylic acids is 3. The Morgan fingerprint density at radius 3 is 2.38 bits per heavy atom. The van der Waals surface area contributed by atoms with E-state index in [1.807, 2.05) is 37.3 Å². The number of allylic oxidation sites excluding steroid dienone is 2. The van der Waals surface area contributed by atoms with E-state index in [0.29, 0.717) is 23.4 Å². The monoisotopic (exact) mass is 389 g/mol. The number of nitrogens with zero attached hydrogens (tertiary/aromatic N) is 1. The summed E-state index contributed by atoms with van der Waals surface area (Å²) in [4.78, 5) is 39.4. The zero-order valence-corrected chi connectivity index (χ0v) is 16.4. The van der Waals surface area contributed by atoms with Gasteiger partial charge in [0.05, 0.1) is 17.5 Å². The minimum absolute atomic E-state index is 0.0580. The van der Waals surface area contributed by atoms with Crippen LogP contribution in [0.3, 0.4) is 0 Å². The molecule has 0 bridgehead atoms. The maximum Gasteiger partial charge on any atom is 0.238 e. The SMILES string of the molecule is C[C@H](Oc1ccc(N2C(=O)[C@@H]3[C@H](C)C=CC[C@H]3C2=O)cc1)C(=O)c1ccccc1. The van der Waals surface area contributed by atoms with E-state index in [0.717, 1.165) is 0 Å². The van der Waals surface area contributed by atoms with Crippen LogP contribution in [0.25, 0.3) is 0 Å². The lowest BCUT2D eigenvalue weighted by molar-refractivity contribution is -0.122. The molecule has 0 saturated carbocycles. The highest BCUT2D eigenvalue weighted by atomic mass is 16.5. The first kappa shape index (κ1) is 19.1. The maximum absolute atomic E-state index is 12.9. The van der Waals surface area contributed by atoms with Crippen molar-refractivity contribution in [1.82, 2.24) is 0 Å². The molecular weight excluding hydrogens is 366 g/mol. The highest BCUT2D eigenvalue weighted by molar-refractivity contribution is 6.22.